The molecule has 0 radical (unpaired) electrons. The van der Waals surface area contributed by atoms with E-state index in [0.29, 0.717) is 13.0 Å². The SMILES string of the molecule is CCOC(=O)CC(CC)(NC)c1ccc(F)cc1. The van der Waals surface area contributed by atoms with Crippen molar-refractivity contribution < 1.29 is 13.9 Å². The zero-order chi connectivity index (χ0) is 13.6. The summed E-state index contributed by atoms with van der Waals surface area (Å²) in [7, 11) is 1.80. The Balaban J connectivity index is 2.98. The van der Waals surface area contributed by atoms with Crippen LogP contribution in [0.5, 0.6) is 0 Å². The molecule has 1 unspecified atom stereocenters. The van der Waals surface area contributed by atoms with E-state index in [2.05, 4.69) is 5.32 Å². The van der Waals surface area contributed by atoms with Gasteiger partial charge in [0, 0.05) is 0 Å². The van der Waals surface area contributed by atoms with E-state index in [0.717, 1.165) is 5.56 Å². The fraction of sp³-hybridized carbons (Fsp3) is 0.500. The standard InChI is InChI=1S/C14H20FNO2/c1-4-14(16-3,10-13(17)18-5-2)11-6-8-12(15)9-7-11/h6-9,16H,4-5,10H2,1-3H3. The average Bonchev–Trinajstić information content (AvgIpc) is 2.37. The Morgan fingerprint density at radius 3 is 2.39 bits per heavy atom. The molecule has 1 N–H and O–H groups in total. The summed E-state index contributed by atoms with van der Waals surface area (Å²) >= 11 is 0. The van der Waals surface area contributed by atoms with E-state index in [1.807, 2.05) is 6.92 Å². The maximum absolute atomic E-state index is 13.0. The number of benzene rings is 1. The number of hydrogen-bond donors (Lipinski definition) is 1. The van der Waals surface area contributed by atoms with Gasteiger partial charge in [0.15, 0.2) is 0 Å². The Morgan fingerprint density at radius 1 is 1.33 bits per heavy atom. The molecule has 1 aromatic carbocycles. The molecule has 0 heterocycles. The van der Waals surface area contributed by atoms with E-state index < -0.39 is 5.54 Å². The fourth-order valence-corrected chi connectivity index (χ4v) is 2.07. The highest BCUT2D eigenvalue weighted by Crippen LogP contribution is 2.29. The second-order valence-electron chi connectivity index (χ2n) is 4.17. The Labute approximate surface area is 107 Å². The zero-order valence-corrected chi connectivity index (χ0v) is 11.1. The van der Waals surface area contributed by atoms with Gasteiger partial charge in [-0.2, -0.15) is 0 Å². The van der Waals surface area contributed by atoms with Crippen LogP contribution in [0.15, 0.2) is 24.3 Å². The van der Waals surface area contributed by atoms with E-state index in [4.69, 9.17) is 4.74 Å². The van der Waals surface area contributed by atoms with Crippen molar-refractivity contribution in [2.45, 2.75) is 32.2 Å². The third-order valence-electron chi connectivity index (χ3n) is 3.23. The summed E-state index contributed by atoms with van der Waals surface area (Å²) < 4.78 is 17.9. The summed E-state index contributed by atoms with van der Waals surface area (Å²) in [6.45, 7) is 4.13. The van der Waals surface area contributed by atoms with Crippen molar-refractivity contribution >= 4 is 5.97 Å². The number of nitrogens with one attached hydrogen (secondary N) is 1. The molecule has 0 aliphatic heterocycles. The normalized spacial score (nSPS) is 14.0. The minimum absolute atomic E-state index is 0.236. The molecule has 1 aromatic rings. The van der Waals surface area contributed by atoms with Gasteiger partial charge in [0.25, 0.3) is 0 Å². The lowest BCUT2D eigenvalue weighted by Gasteiger charge is -2.32. The van der Waals surface area contributed by atoms with Crippen LogP contribution in [0, 0.1) is 5.82 Å². The van der Waals surface area contributed by atoms with Gasteiger partial charge in [-0.05, 0) is 38.1 Å². The van der Waals surface area contributed by atoms with Crippen LogP contribution < -0.4 is 5.32 Å². The highest BCUT2D eigenvalue weighted by Gasteiger charge is 2.31. The molecule has 0 amide bonds. The molecule has 0 aliphatic carbocycles. The van der Waals surface area contributed by atoms with Crippen molar-refractivity contribution in [3.63, 3.8) is 0 Å². The van der Waals surface area contributed by atoms with E-state index >= 15 is 0 Å². The molecule has 0 aliphatic rings. The highest BCUT2D eigenvalue weighted by atomic mass is 19.1. The molecule has 4 heteroatoms. The number of esters is 1. The number of hydrogen-bond acceptors (Lipinski definition) is 3. The lowest BCUT2D eigenvalue weighted by Crippen LogP contribution is -2.41. The molecule has 100 valence electrons. The topological polar surface area (TPSA) is 38.3 Å². The summed E-state index contributed by atoms with van der Waals surface area (Å²) in [5.41, 5.74) is 0.391. The number of carbonyl (C=O) groups excluding carboxylic acids is 1. The van der Waals surface area contributed by atoms with Crippen molar-refractivity contribution in [1.29, 1.82) is 0 Å². The molecule has 0 saturated heterocycles. The van der Waals surface area contributed by atoms with Crippen LogP contribution in [0.25, 0.3) is 0 Å². The van der Waals surface area contributed by atoms with Crippen LogP contribution in [0.3, 0.4) is 0 Å². The summed E-state index contributed by atoms with van der Waals surface area (Å²) in [5.74, 6) is -0.533. The number of rotatable bonds is 6. The summed E-state index contributed by atoms with van der Waals surface area (Å²) in [6, 6.07) is 6.22. The number of ether oxygens (including phenoxy) is 1. The van der Waals surface area contributed by atoms with Gasteiger partial charge in [-0.25, -0.2) is 4.39 Å². The largest absolute Gasteiger partial charge is 0.466 e. The van der Waals surface area contributed by atoms with Crippen LogP contribution in [0.1, 0.15) is 32.3 Å². The first-order chi connectivity index (χ1) is 8.57. The van der Waals surface area contributed by atoms with Gasteiger partial charge in [0.05, 0.1) is 18.6 Å². The number of halogens is 1. The zero-order valence-electron chi connectivity index (χ0n) is 11.1. The molecular formula is C14H20FNO2. The third-order valence-corrected chi connectivity index (χ3v) is 3.23. The first-order valence-electron chi connectivity index (χ1n) is 6.18. The molecule has 0 fully saturated rings. The fourth-order valence-electron chi connectivity index (χ4n) is 2.07. The molecule has 0 spiro atoms. The lowest BCUT2D eigenvalue weighted by molar-refractivity contribution is -0.145. The van der Waals surface area contributed by atoms with Crippen molar-refractivity contribution in [1.82, 2.24) is 5.32 Å². The summed E-state index contributed by atoms with van der Waals surface area (Å²) in [6.07, 6.45) is 0.952. The second kappa shape index (κ2) is 6.50. The van der Waals surface area contributed by atoms with E-state index in [-0.39, 0.29) is 18.2 Å². The minimum atomic E-state index is -0.500. The Hall–Kier alpha value is -1.42. The van der Waals surface area contributed by atoms with Crippen molar-refractivity contribution in [2.24, 2.45) is 0 Å². The molecular weight excluding hydrogens is 233 g/mol. The summed E-state index contributed by atoms with van der Waals surface area (Å²) in [5, 5.41) is 3.17. The molecule has 0 bridgehead atoms. The molecule has 18 heavy (non-hydrogen) atoms. The molecule has 1 atom stereocenters. The quantitative estimate of drug-likeness (QED) is 0.792. The van der Waals surface area contributed by atoms with Crippen molar-refractivity contribution in [3.05, 3.63) is 35.6 Å². The predicted molar refractivity (Wildman–Crippen MR) is 68.7 cm³/mol. The predicted octanol–water partition coefficient (Wildman–Crippen LogP) is 2.60. The lowest BCUT2D eigenvalue weighted by atomic mass is 9.84. The minimum Gasteiger partial charge on any atom is -0.466 e. The first-order valence-corrected chi connectivity index (χ1v) is 6.18. The maximum atomic E-state index is 13.0. The average molecular weight is 253 g/mol. The third kappa shape index (κ3) is 3.29. The van der Waals surface area contributed by atoms with Crippen LogP contribution in [0.4, 0.5) is 4.39 Å². The van der Waals surface area contributed by atoms with Crippen molar-refractivity contribution in [3.8, 4) is 0 Å². The summed E-state index contributed by atoms with van der Waals surface area (Å²) in [4.78, 5) is 11.7. The van der Waals surface area contributed by atoms with E-state index in [9.17, 15) is 9.18 Å². The molecule has 1 rings (SSSR count). The van der Waals surface area contributed by atoms with E-state index in [1.54, 1.807) is 26.1 Å². The van der Waals surface area contributed by atoms with Crippen LogP contribution in [-0.4, -0.2) is 19.6 Å². The molecule has 0 aromatic heterocycles. The highest BCUT2D eigenvalue weighted by molar-refractivity contribution is 5.71. The Kier molecular flexibility index (Phi) is 5.28. The smallest absolute Gasteiger partial charge is 0.308 e. The Morgan fingerprint density at radius 2 is 1.94 bits per heavy atom. The Bertz CT molecular complexity index is 385. The van der Waals surface area contributed by atoms with Gasteiger partial charge < -0.3 is 10.1 Å². The van der Waals surface area contributed by atoms with Crippen LogP contribution in [-0.2, 0) is 15.1 Å². The monoisotopic (exact) mass is 253 g/mol. The van der Waals surface area contributed by atoms with Gasteiger partial charge in [-0.15, -0.1) is 0 Å². The van der Waals surface area contributed by atoms with Gasteiger partial charge in [0.2, 0.25) is 0 Å². The van der Waals surface area contributed by atoms with Gasteiger partial charge in [0.1, 0.15) is 5.82 Å². The van der Waals surface area contributed by atoms with E-state index in [1.165, 1.54) is 12.1 Å². The number of carbonyl (C=O) groups is 1. The van der Waals surface area contributed by atoms with Gasteiger partial charge in [-0.1, -0.05) is 19.1 Å². The first kappa shape index (κ1) is 14.6. The molecule has 3 nitrogen and oxygen atoms in total. The van der Waals surface area contributed by atoms with Gasteiger partial charge >= 0.3 is 5.97 Å². The second-order valence-corrected chi connectivity index (χ2v) is 4.17. The maximum Gasteiger partial charge on any atom is 0.308 e. The van der Waals surface area contributed by atoms with Crippen LogP contribution in [0.2, 0.25) is 0 Å². The van der Waals surface area contributed by atoms with Crippen LogP contribution >= 0.6 is 0 Å². The van der Waals surface area contributed by atoms with Gasteiger partial charge in [-0.3, -0.25) is 4.79 Å². The van der Waals surface area contributed by atoms with Crippen molar-refractivity contribution in [2.75, 3.05) is 13.7 Å². The molecule has 0 saturated carbocycles.